The molecule has 0 saturated carbocycles. The van der Waals surface area contributed by atoms with Gasteiger partial charge in [-0.1, -0.05) is 0 Å². The van der Waals surface area contributed by atoms with Crippen molar-refractivity contribution in [3.05, 3.63) is 64.5 Å². The molecule has 1 N–H and O–H groups in total. The predicted octanol–water partition coefficient (Wildman–Crippen LogP) is 5.05. The fourth-order valence-electron chi connectivity index (χ4n) is 2.43. The van der Waals surface area contributed by atoms with Gasteiger partial charge in [0.15, 0.2) is 5.13 Å². The summed E-state index contributed by atoms with van der Waals surface area (Å²) in [6.45, 7) is 4.39. The lowest BCUT2D eigenvalue weighted by Crippen LogP contribution is -2.13. The Morgan fingerprint density at radius 1 is 1.19 bits per heavy atom. The Hall–Kier alpha value is -2.80. The van der Waals surface area contributed by atoms with Gasteiger partial charge < -0.3 is 4.74 Å². The lowest BCUT2D eigenvalue weighted by molar-refractivity contribution is 0.102. The number of carbonyl (C=O) groups excluding carboxylic acids is 1. The third-order valence-corrected chi connectivity index (χ3v) is 4.52. The second-order valence-electron chi connectivity index (χ2n) is 5.46. The van der Waals surface area contributed by atoms with Gasteiger partial charge in [0.25, 0.3) is 5.91 Å². The Balaban J connectivity index is 1.80. The first-order valence-corrected chi connectivity index (χ1v) is 8.76. The van der Waals surface area contributed by atoms with Crippen molar-refractivity contribution in [1.29, 1.82) is 0 Å². The molecule has 7 heteroatoms. The number of hydrogen-bond donors (Lipinski definition) is 1. The van der Waals surface area contributed by atoms with Crippen molar-refractivity contribution >= 4 is 22.4 Å². The number of amides is 1. The van der Waals surface area contributed by atoms with E-state index in [1.165, 1.54) is 11.3 Å². The van der Waals surface area contributed by atoms with Crippen LogP contribution in [0.2, 0.25) is 0 Å². The summed E-state index contributed by atoms with van der Waals surface area (Å²) in [6, 6.07) is 10.3. The van der Waals surface area contributed by atoms with Crippen molar-refractivity contribution in [2.45, 2.75) is 13.8 Å². The molecule has 0 unspecified atom stereocenters. The van der Waals surface area contributed by atoms with Gasteiger partial charge in [-0.15, -0.1) is 11.3 Å². The molecule has 0 aliphatic carbocycles. The van der Waals surface area contributed by atoms with Crippen molar-refractivity contribution in [3.63, 3.8) is 0 Å². The van der Waals surface area contributed by atoms with Crippen LogP contribution in [0.4, 0.5) is 13.9 Å². The van der Waals surface area contributed by atoms with E-state index in [1.807, 2.05) is 38.1 Å². The fraction of sp³-hybridized carbons (Fsp3) is 0.158. The number of halogens is 2. The van der Waals surface area contributed by atoms with E-state index in [9.17, 15) is 13.6 Å². The first kappa shape index (κ1) is 18.0. The van der Waals surface area contributed by atoms with E-state index >= 15 is 0 Å². The number of ether oxygens (including phenoxy) is 1. The molecule has 0 saturated heterocycles. The molecular formula is C19H16F2N2O2S. The Labute approximate surface area is 153 Å². The lowest BCUT2D eigenvalue weighted by atomic mass is 10.1. The zero-order valence-corrected chi connectivity index (χ0v) is 15.0. The monoisotopic (exact) mass is 374 g/mol. The maximum absolute atomic E-state index is 13.7. The quantitative estimate of drug-likeness (QED) is 0.680. The van der Waals surface area contributed by atoms with E-state index in [1.54, 1.807) is 0 Å². The Morgan fingerprint density at radius 2 is 1.92 bits per heavy atom. The minimum atomic E-state index is -0.914. The molecule has 0 radical (unpaired) electrons. The molecule has 0 spiro atoms. The van der Waals surface area contributed by atoms with Crippen molar-refractivity contribution < 1.29 is 18.3 Å². The SMILES string of the molecule is CCOc1ccc(-c2nc(NC(=O)c3ccc(F)cc3F)sc2C)cc1. The van der Waals surface area contributed by atoms with E-state index < -0.39 is 17.5 Å². The summed E-state index contributed by atoms with van der Waals surface area (Å²) in [7, 11) is 0. The molecule has 1 amide bonds. The fourth-order valence-corrected chi connectivity index (χ4v) is 3.26. The van der Waals surface area contributed by atoms with E-state index in [0.717, 1.165) is 34.0 Å². The number of nitrogens with one attached hydrogen (secondary N) is 1. The van der Waals surface area contributed by atoms with Gasteiger partial charge >= 0.3 is 0 Å². The summed E-state index contributed by atoms with van der Waals surface area (Å²) in [5.74, 6) is -1.55. The van der Waals surface area contributed by atoms with Crippen molar-refractivity contribution in [2.75, 3.05) is 11.9 Å². The van der Waals surface area contributed by atoms with Crippen LogP contribution in [0.15, 0.2) is 42.5 Å². The normalized spacial score (nSPS) is 10.6. The molecule has 3 rings (SSSR count). The number of rotatable bonds is 5. The molecule has 4 nitrogen and oxygen atoms in total. The molecule has 26 heavy (non-hydrogen) atoms. The summed E-state index contributed by atoms with van der Waals surface area (Å²) < 4.78 is 32.1. The maximum Gasteiger partial charge on any atom is 0.260 e. The first-order chi connectivity index (χ1) is 12.5. The van der Waals surface area contributed by atoms with Gasteiger partial charge in [0.05, 0.1) is 17.9 Å². The van der Waals surface area contributed by atoms with Crippen LogP contribution in [0.1, 0.15) is 22.2 Å². The van der Waals surface area contributed by atoms with E-state index in [2.05, 4.69) is 10.3 Å². The number of hydrogen-bond acceptors (Lipinski definition) is 4. The Kier molecular flexibility index (Phi) is 5.27. The molecule has 2 aromatic carbocycles. The summed E-state index contributed by atoms with van der Waals surface area (Å²) in [5, 5.41) is 2.91. The van der Waals surface area contributed by atoms with Crippen LogP contribution in [-0.4, -0.2) is 17.5 Å². The van der Waals surface area contributed by atoms with Gasteiger partial charge in [0.1, 0.15) is 17.4 Å². The summed E-state index contributed by atoms with van der Waals surface area (Å²) >= 11 is 1.28. The second-order valence-corrected chi connectivity index (χ2v) is 6.66. The maximum atomic E-state index is 13.7. The standard InChI is InChI=1S/C19H16F2N2O2S/c1-3-25-14-7-4-12(5-8-14)17-11(2)26-19(22-17)23-18(24)15-9-6-13(20)10-16(15)21/h4-10H,3H2,1-2H3,(H,22,23,24). The molecule has 3 aromatic rings. The molecular weight excluding hydrogens is 358 g/mol. The van der Waals surface area contributed by atoms with Crippen molar-refractivity contribution in [1.82, 2.24) is 4.98 Å². The van der Waals surface area contributed by atoms with Crippen LogP contribution in [0.5, 0.6) is 5.75 Å². The topological polar surface area (TPSA) is 51.2 Å². The predicted molar refractivity (Wildman–Crippen MR) is 97.8 cm³/mol. The smallest absolute Gasteiger partial charge is 0.260 e. The number of nitrogens with zero attached hydrogens (tertiary/aromatic N) is 1. The van der Waals surface area contributed by atoms with Gasteiger partial charge in [0, 0.05) is 16.5 Å². The van der Waals surface area contributed by atoms with Gasteiger partial charge in [-0.25, -0.2) is 13.8 Å². The van der Waals surface area contributed by atoms with Crippen LogP contribution in [0, 0.1) is 18.6 Å². The number of anilines is 1. The van der Waals surface area contributed by atoms with Crippen LogP contribution in [0.3, 0.4) is 0 Å². The highest BCUT2D eigenvalue weighted by Gasteiger charge is 2.16. The number of carbonyl (C=O) groups is 1. The highest BCUT2D eigenvalue weighted by Crippen LogP contribution is 2.31. The second kappa shape index (κ2) is 7.61. The molecule has 0 fully saturated rings. The van der Waals surface area contributed by atoms with E-state index in [4.69, 9.17) is 4.74 Å². The molecule has 0 bridgehead atoms. The van der Waals surface area contributed by atoms with Crippen molar-refractivity contribution in [3.8, 4) is 17.0 Å². The lowest BCUT2D eigenvalue weighted by Gasteiger charge is -2.04. The van der Waals surface area contributed by atoms with Gasteiger partial charge in [-0.2, -0.15) is 0 Å². The van der Waals surface area contributed by atoms with Gasteiger partial charge in [-0.3, -0.25) is 10.1 Å². The molecule has 0 aliphatic rings. The number of thiazole rings is 1. The highest BCUT2D eigenvalue weighted by atomic mass is 32.1. The van der Waals surface area contributed by atoms with E-state index in [0.29, 0.717) is 17.8 Å². The molecule has 134 valence electrons. The average Bonchev–Trinajstić information content (AvgIpc) is 2.96. The van der Waals surface area contributed by atoms with E-state index in [-0.39, 0.29) is 5.56 Å². The molecule has 1 heterocycles. The zero-order valence-electron chi connectivity index (χ0n) is 14.2. The minimum absolute atomic E-state index is 0.234. The molecule has 0 atom stereocenters. The number of aromatic nitrogens is 1. The summed E-state index contributed by atoms with van der Waals surface area (Å²) in [4.78, 5) is 17.5. The molecule has 0 aliphatic heterocycles. The Bertz CT molecular complexity index is 939. The summed E-state index contributed by atoms with van der Waals surface area (Å²) in [5.41, 5.74) is 1.38. The summed E-state index contributed by atoms with van der Waals surface area (Å²) in [6.07, 6.45) is 0. The number of aryl methyl sites for hydroxylation is 1. The molecule has 1 aromatic heterocycles. The Morgan fingerprint density at radius 3 is 2.58 bits per heavy atom. The average molecular weight is 374 g/mol. The van der Waals surface area contributed by atoms with Crippen LogP contribution >= 0.6 is 11.3 Å². The third-order valence-electron chi connectivity index (χ3n) is 3.63. The third kappa shape index (κ3) is 3.88. The van der Waals surface area contributed by atoms with Gasteiger partial charge in [-0.05, 0) is 50.2 Å². The van der Waals surface area contributed by atoms with Crippen molar-refractivity contribution in [2.24, 2.45) is 0 Å². The highest BCUT2D eigenvalue weighted by molar-refractivity contribution is 7.16. The van der Waals surface area contributed by atoms with Crippen LogP contribution < -0.4 is 10.1 Å². The van der Waals surface area contributed by atoms with Crippen LogP contribution in [0.25, 0.3) is 11.3 Å². The first-order valence-electron chi connectivity index (χ1n) is 7.95. The van der Waals surface area contributed by atoms with Gasteiger partial charge in [0.2, 0.25) is 0 Å². The van der Waals surface area contributed by atoms with Crippen LogP contribution in [-0.2, 0) is 0 Å². The zero-order chi connectivity index (χ0) is 18.7. The number of benzene rings is 2. The largest absolute Gasteiger partial charge is 0.494 e. The minimum Gasteiger partial charge on any atom is -0.494 e.